The predicted molar refractivity (Wildman–Crippen MR) is 80.6 cm³/mol. The van der Waals surface area contributed by atoms with Gasteiger partial charge in [-0.05, 0) is 49.4 Å². The summed E-state index contributed by atoms with van der Waals surface area (Å²) in [6.45, 7) is 5.74. The van der Waals surface area contributed by atoms with Crippen molar-refractivity contribution in [3.05, 3.63) is 48.0 Å². The summed E-state index contributed by atoms with van der Waals surface area (Å²) < 4.78 is 5.46. The molecule has 0 aliphatic heterocycles. The Kier molecular flexibility index (Phi) is 3.04. The first-order chi connectivity index (χ1) is 9.44. The molecule has 0 aromatic heterocycles. The summed E-state index contributed by atoms with van der Waals surface area (Å²) in [6, 6.07) is 14.8. The molecule has 2 aromatic carbocycles. The number of benzene rings is 2. The van der Waals surface area contributed by atoms with Crippen molar-refractivity contribution >= 4 is 16.7 Å². The second-order valence-corrected chi connectivity index (χ2v) is 6.59. The molecule has 1 aliphatic rings. The molecule has 0 saturated heterocycles. The second-order valence-electron chi connectivity index (χ2n) is 6.59. The summed E-state index contributed by atoms with van der Waals surface area (Å²) in [4.78, 5) is 12.0. The van der Waals surface area contributed by atoms with Crippen LogP contribution in [0.2, 0.25) is 0 Å². The molecule has 20 heavy (non-hydrogen) atoms. The zero-order chi connectivity index (χ0) is 14.3. The van der Waals surface area contributed by atoms with Gasteiger partial charge in [0.2, 0.25) is 0 Å². The summed E-state index contributed by atoms with van der Waals surface area (Å²) in [5.74, 6) is 0.306. The maximum atomic E-state index is 12.0. The monoisotopic (exact) mass is 268 g/mol. The van der Waals surface area contributed by atoms with E-state index in [4.69, 9.17) is 4.74 Å². The van der Waals surface area contributed by atoms with Gasteiger partial charge in [0.15, 0.2) is 0 Å². The van der Waals surface area contributed by atoms with Gasteiger partial charge in [-0.15, -0.1) is 0 Å². The van der Waals surface area contributed by atoms with Gasteiger partial charge in [0.1, 0.15) is 5.60 Å². The van der Waals surface area contributed by atoms with Crippen molar-refractivity contribution < 1.29 is 9.53 Å². The number of ether oxygens (including phenoxy) is 1. The minimum atomic E-state index is -0.395. The highest BCUT2D eigenvalue weighted by molar-refractivity contribution is 5.84. The molecule has 0 unspecified atom stereocenters. The third-order valence-corrected chi connectivity index (χ3v) is 3.70. The van der Waals surface area contributed by atoms with Gasteiger partial charge < -0.3 is 4.74 Å². The fourth-order valence-electron chi connectivity index (χ4n) is 2.64. The van der Waals surface area contributed by atoms with Gasteiger partial charge in [-0.25, -0.2) is 0 Å². The molecule has 0 radical (unpaired) electrons. The first kappa shape index (κ1) is 13.2. The normalized spacial score (nSPS) is 21.8. The van der Waals surface area contributed by atoms with Crippen LogP contribution < -0.4 is 0 Å². The van der Waals surface area contributed by atoms with E-state index in [0.717, 1.165) is 6.42 Å². The minimum Gasteiger partial charge on any atom is -0.460 e. The molecular weight excluding hydrogens is 248 g/mol. The quantitative estimate of drug-likeness (QED) is 0.760. The van der Waals surface area contributed by atoms with Gasteiger partial charge in [0.25, 0.3) is 0 Å². The minimum absolute atomic E-state index is 0.0374. The van der Waals surface area contributed by atoms with E-state index in [1.54, 1.807) is 0 Å². The van der Waals surface area contributed by atoms with Crippen molar-refractivity contribution in [2.24, 2.45) is 5.92 Å². The fourth-order valence-corrected chi connectivity index (χ4v) is 2.64. The van der Waals surface area contributed by atoms with Crippen LogP contribution in [0.5, 0.6) is 0 Å². The topological polar surface area (TPSA) is 26.3 Å². The third-order valence-electron chi connectivity index (χ3n) is 3.70. The predicted octanol–water partition coefficient (Wildman–Crippen LogP) is 4.29. The van der Waals surface area contributed by atoms with Gasteiger partial charge in [-0.3, -0.25) is 4.79 Å². The highest BCUT2D eigenvalue weighted by Crippen LogP contribution is 2.49. The van der Waals surface area contributed by atoms with Gasteiger partial charge in [0.05, 0.1) is 5.92 Å². The summed E-state index contributed by atoms with van der Waals surface area (Å²) in [5.41, 5.74) is 0.854. The Bertz CT molecular complexity index is 652. The Labute approximate surface area is 119 Å². The lowest BCUT2D eigenvalue weighted by atomic mass is 10.0. The van der Waals surface area contributed by atoms with Crippen LogP contribution in [0, 0.1) is 5.92 Å². The van der Waals surface area contributed by atoms with Gasteiger partial charge >= 0.3 is 5.97 Å². The van der Waals surface area contributed by atoms with Gasteiger partial charge in [-0.2, -0.15) is 0 Å². The van der Waals surface area contributed by atoms with Crippen LogP contribution in [0.1, 0.15) is 38.7 Å². The molecule has 3 rings (SSSR count). The zero-order valence-corrected chi connectivity index (χ0v) is 12.2. The molecule has 2 aromatic rings. The Morgan fingerprint density at radius 2 is 1.80 bits per heavy atom. The smallest absolute Gasteiger partial charge is 0.310 e. The lowest BCUT2D eigenvalue weighted by Gasteiger charge is -2.19. The van der Waals surface area contributed by atoms with Crippen molar-refractivity contribution in [3.8, 4) is 0 Å². The number of hydrogen-bond donors (Lipinski definition) is 0. The summed E-state index contributed by atoms with van der Waals surface area (Å²) in [5, 5.41) is 2.48. The Morgan fingerprint density at radius 3 is 2.50 bits per heavy atom. The van der Waals surface area contributed by atoms with Crippen LogP contribution in [-0.4, -0.2) is 11.6 Å². The van der Waals surface area contributed by atoms with Crippen LogP contribution in [-0.2, 0) is 9.53 Å². The molecule has 1 aliphatic carbocycles. The maximum absolute atomic E-state index is 12.0. The molecule has 0 N–H and O–H groups in total. The first-order valence-electron chi connectivity index (χ1n) is 7.15. The molecule has 1 fully saturated rings. The number of esters is 1. The van der Waals surface area contributed by atoms with E-state index in [1.165, 1.54) is 16.3 Å². The van der Waals surface area contributed by atoms with Crippen molar-refractivity contribution in [1.82, 2.24) is 0 Å². The van der Waals surface area contributed by atoms with Crippen LogP contribution >= 0.6 is 0 Å². The highest BCUT2D eigenvalue weighted by atomic mass is 16.6. The average molecular weight is 268 g/mol. The molecule has 0 bridgehead atoms. The van der Waals surface area contributed by atoms with Gasteiger partial charge in [0, 0.05) is 0 Å². The van der Waals surface area contributed by atoms with Crippen molar-refractivity contribution in [1.29, 1.82) is 0 Å². The van der Waals surface area contributed by atoms with Crippen molar-refractivity contribution in [3.63, 3.8) is 0 Å². The molecule has 1 saturated carbocycles. The van der Waals surface area contributed by atoms with Crippen LogP contribution in [0.15, 0.2) is 42.5 Å². The molecule has 2 heteroatoms. The lowest BCUT2D eigenvalue weighted by molar-refractivity contribution is -0.156. The Morgan fingerprint density at radius 1 is 1.10 bits per heavy atom. The average Bonchev–Trinajstić information content (AvgIpc) is 3.16. The third kappa shape index (κ3) is 2.69. The number of fused-ring (bicyclic) bond motifs is 1. The first-order valence-corrected chi connectivity index (χ1v) is 7.15. The van der Waals surface area contributed by atoms with Gasteiger partial charge in [-0.1, -0.05) is 42.5 Å². The number of carbonyl (C=O) groups excluding carboxylic acids is 1. The standard InChI is InChI=1S/C18H20O2/c1-18(2,3)20-17(19)16-11-15(16)14-9-8-12-6-4-5-7-13(12)10-14/h4-10,15-16H,11H2,1-3H3/t15-,16-/m0/s1. The summed E-state index contributed by atoms with van der Waals surface area (Å²) in [7, 11) is 0. The van der Waals surface area contributed by atoms with Crippen LogP contribution in [0.25, 0.3) is 10.8 Å². The fraction of sp³-hybridized carbons (Fsp3) is 0.389. The zero-order valence-electron chi connectivity index (χ0n) is 12.2. The number of rotatable bonds is 2. The maximum Gasteiger partial charge on any atom is 0.310 e. The number of hydrogen-bond acceptors (Lipinski definition) is 2. The molecule has 0 heterocycles. The highest BCUT2D eigenvalue weighted by Gasteiger charge is 2.46. The summed E-state index contributed by atoms with van der Waals surface area (Å²) >= 11 is 0. The van der Waals surface area contributed by atoms with Crippen LogP contribution in [0.3, 0.4) is 0 Å². The molecule has 104 valence electrons. The Balaban J connectivity index is 1.76. The van der Waals surface area contributed by atoms with E-state index < -0.39 is 5.60 Å². The Hall–Kier alpha value is -1.83. The van der Waals surface area contributed by atoms with Crippen molar-refractivity contribution in [2.45, 2.75) is 38.7 Å². The molecule has 0 spiro atoms. The molecule has 2 nitrogen and oxygen atoms in total. The van der Waals surface area contributed by atoms with Crippen LogP contribution in [0.4, 0.5) is 0 Å². The number of carbonyl (C=O) groups is 1. The van der Waals surface area contributed by atoms with E-state index >= 15 is 0 Å². The summed E-state index contributed by atoms with van der Waals surface area (Å²) in [6.07, 6.45) is 0.910. The van der Waals surface area contributed by atoms with E-state index in [0.29, 0.717) is 5.92 Å². The van der Waals surface area contributed by atoms with E-state index in [1.807, 2.05) is 32.9 Å². The SMILES string of the molecule is CC(C)(C)OC(=O)[C@H]1C[C@H]1c1ccc2ccccc2c1. The van der Waals surface area contributed by atoms with E-state index in [-0.39, 0.29) is 11.9 Å². The molecule has 2 atom stereocenters. The largest absolute Gasteiger partial charge is 0.460 e. The van der Waals surface area contributed by atoms with E-state index in [9.17, 15) is 4.79 Å². The molecular formula is C18H20O2. The molecule has 0 amide bonds. The lowest BCUT2D eigenvalue weighted by Crippen LogP contribution is -2.25. The van der Waals surface area contributed by atoms with E-state index in [2.05, 4.69) is 30.3 Å². The second kappa shape index (κ2) is 4.62. The van der Waals surface area contributed by atoms with Crippen molar-refractivity contribution in [2.75, 3.05) is 0 Å².